The van der Waals surface area contributed by atoms with Gasteiger partial charge in [0.15, 0.2) is 0 Å². The van der Waals surface area contributed by atoms with Gasteiger partial charge in [0.1, 0.15) is 6.17 Å². The zero-order valence-corrected chi connectivity index (χ0v) is 37.4. The minimum absolute atomic E-state index is 0.0502. The number of allylic oxidation sites excluding steroid dienone is 2. The molecule has 67 heavy (non-hydrogen) atoms. The van der Waals surface area contributed by atoms with E-state index in [0.29, 0.717) is 0 Å². The normalized spacial score (nSPS) is 18.3. The van der Waals surface area contributed by atoms with Crippen LogP contribution in [0, 0.1) is 0 Å². The van der Waals surface area contributed by atoms with E-state index in [0.717, 1.165) is 28.1 Å². The van der Waals surface area contributed by atoms with Crippen molar-refractivity contribution in [2.24, 2.45) is 4.99 Å². The number of aromatic nitrogens is 1. The van der Waals surface area contributed by atoms with Gasteiger partial charge in [0.25, 0.3) is 0 Å². The summed E-state index contributed by atoms with van der Waals surface area (Å²) in [6, 6.07) is 71.8. The van der Waals surface area contributed by atoms with Gasteiger partial charge in [-0.3, -0.25) is 4.99 Å². The summed E-state index contributed by atoms with van der Waals surface area (Å²) < 4.78 is 2.40. The Balaban J connectivity index is 0.859. The smallest absolute Gasteiger partial charge is 0.145 e. The maximum absolute atomic E-state index is 5.58. The summed E-state index contributed by atoms with van der Waals surface area (Å²) in [5.41, 5.74) is 20.7. The molecule has 4 aliphatic rings. The molecule has 4 nitrogen and oxygen atoms in total. The number of rotatable bonds is 5. The highest BCUT2D eigenvalue weighted by molar-refractivity contribution is 6.21. The molecule has 3 heterocycles. The van der Waals surface area contributed by atoms with Gasteiger partial charge in [-0.1, -0.05) is 178 Å². The van der Waals surface area contributed by atoms with E-state index in [1.54, 1.807) is 0 Å². The lowest BCUT2D eigenvalue weighted by Gasteiger charge is -2.30. The van der Waals surface area contributed by atoms with Crippen molar-refractivity contribution >= 4 is 55.4 Å². The van der Waals surface area contributed by atoms with Crippen molar-refractivity contribution in [3.63, 3.8) is 0 Å². The lowest BCUT2D eigenvalue weighted by molar-refractivity contribution is 0.659. The molecule has 10 aromatic rings. The minimum atomic E-state index is -0.255. The minimum Gasteiger partial charge on any atom is -0.359 e. The monoisotopic (exact) mass is 858 g/mol. The number of hydrogen-bond donors (Lipinski definition) is 1. The van der Waals surface area contributed by atoms with Gasteiger partial charge >= 0.3 is 0 Å². The molecule has 0 spiro atoms. The lowest BCUT2D eigenvalue weighted by atomic mass is 9.82. The number of nitrogens with one attached hydrogen (secondary N) is 1. The summed E-state index contributed by atoms with van der Waals surface area (Å²) in [6.45, 7) is 4.68. The first-order chi connectivity index (χ1) is 33.0. The molecule has 0 saturated heterocycles. The fraction of sp³-hybridized carbons (Fsp3) is 0.0952. The first-order valence-corrected chi connectivity index (χ1v) is 23.6. The standard InChI is InChI=1S/C63H46N4/c1-63(2)53-23-11-8-19-47(53)51-38-42(30-35-54(51)63)62-64-60(50-34-29-39-15-6-7-18-46(39)61(50)65-62)40-27-32-44(33-28-40)66-55-24-12-9-20-48(55)52-37-41(31-36-57(52)66)45-22-14-26-58-59(45)49-21-10-13-25-56(49)67(58)43-16-4-3-5-17-43/h3-38,48,55,62,65H,1-2H3. The number of aliphatic imine (C=N–C) groups is 1. The van der Waals surface area contributed by atoms with Crippen LogP contribution in [0.25, 0.3) is 60.5 Å². The summed E-state index contributed by atoms with van der Waals surface area (Å²) in [5.74, 6) is 0.226. The Morgan fingerprint density at radius 2 is 1.25 bits per heavy atom. The SMILES string of the molecule is CC1(C)c2ccccc2-c2cc(C3N=C(c4ccc(N5c6ccc(-c7cccc8c7c7ccccc7n8-c7ccccc7)cc6C6C=CC=CC65)cc4)c4ccc5ccccc5c4N3)ccc21. The van der Waals surface area contributed by atoms with Gasteiger partial charge in [-0.15, -0.1) is 0 Å². The summed E-state index contributed by atoms with van der Waals surface area (Å²) >= 11 is 0. The predicted molar refractivity (Wildman–Crippen MR) is 280 cm³/mol. The highest BCUT2D eigenvalue weighted by atomic mass is 15.2. The van der Waals surface area contributed by atoms with E-state index in [-0.39, 0.29) is 23.5 Å². The molecule has 4 heteroatoms. The van der Waals surface area contributed by atoms with Gasteiger partial charge < -0.3 is 14.8 Å². The highest BCUT2D eigenvalue weighted by Crippen LogP contribution is 2.52. The van der Waals surface area contributed by atoms with Crippen molar-refractivity contribution in [2.75, 3.05) is 10.2 Å². The van der Waals surface area contributed by atoms with E-state index in [1.807, 2.05) is 0 Å². The Bertz CT molecular complexity index is 3770. The topological polar surface area (TPSA) is 32.6 Å². The first-order valence-electron chi connectivity index (χ1n) is 23.6. The molecular weight excluding hydrogens is 813 g/mol. The summed E-state index contributed by atoms with van der Waals surface area (Å²) in [7, 11) is 0. The number of fused-ring (bicyclic) bond motifs is 12. The third-order valence-electron chi connectivity index (χ3n) is 15.1. The van der Waals surface area contributed by atoms with E-state index >= 15 is 0 Å². The second-order valence-electron chi connectivity index (χ2n) is 19.1. The second-order valence-corrected chi connectivity index (χ2v) is 19.1. The first kappa shape index (κ1) is 38.1. The number of anilines is 3. The highest BCUT2D eigenvalue weighted by Gasteiger charge is 2.39. The van der Waals surface area contributed by atoms with Gasteiger partial charge in [0.05, 0.1) is 28.5 Å². The fourth-order valence-electron chi connectivity index (χ4n) is 12.0. The molecule has 0 amide bonds. The van der Waals surface area contributed by atoms with Crippen molar-refractivity contribution in [1.82, 2.24) is 4.57 Å². The van der Waals surface area contributed by atoms with E-state index in [2.05, 4.69) is 247 Å². The molecule has 0 saturated carbocycles. The summed E-state index contributed by atoms with van der Waals surface area (Å²) in [6.07, 6.45) is 8.91. The van der Waals surface area contributed by atoms with Crippen LogP contribution in [-0.2, 0) is 5.41 Å². The molecule has 1 N–H and O–H groups in total. The average molecular weight is 859 g/mol. The Kier molecular flexibility index (Phi) is 8.18. The van der Waals surface area contributed by atoms with Crippen LogP contribution in [-0.4, -0.2) is 16.3 Å². The molecule has 0 radical (unpaired) electrons. The van der Waals surface area contributed by atoms with E-state index < -0.39 is 0 Å². The van der Waals surface area contributed by atoms with Crippen molar-refractivity contribution in [3.8, 4) is 27.9 Å². The van der Waals surface area contributed by atoms with Crippen molar-refractivity contribution in [3.05, 3.63) is 252 Å². The summed E-state index contributed by atoms with van der Waals surface area (Å²) in [5, 5.41) is 8.89. The van der Waals surface area contributed by atoms with Gasteiger partial charge in [0, 0.05) is 55.7 Å². The van der Waals surface area contributed by atoms with E-state index in [9.17, 15) is 0 Å². The largest absolute Gasteiger partial charge is 0.359 e. The van der Waals surface area contributed by atoms with Gasteiger partial charge in [0.2, 0.25) is 0 Å². The third kappa shape index (κ3) is 5.63. The van der Waals surface area contributed by atoms with Crippen molar-refractivity contribution in [1.29, 1.82) is 0 Å². The summed E-state index contributed by atoms with van der Waals surface area (Å²) in [4.78, 5) is 8.12. The Labute approximate surface area is 390 Å². The quantitative estimate of drug-likeness (QED) is 0.187. The molecule has 2 aliphatic heterocycles. The molecule has 2 aliphatic carbocycles. The Morgan fingerprint density at radius 3 is 2.15 bits per heavy atom. The van der Waals surface area contributed by atoms with Gasteiger partial charge in [-0.05, 0) is 104 Å². The second kappa shape index (κ2) is 14.4. The van der Waals surface area contributed by atoms with E-state index in [1.165, 1.54) is 88.6 Å². The van der Waals surface area contributed by atoms with Crippen LogP contribution in [0.2, 0.25) is 0 Å². The predicted octanol–water partition coefficient (Wildman–Crippen LogP) is 15.6. The van der Waals surface area contributed by atoms with Crippen molar-refractivity contribution in [2.45, 2.75) is 37.4 Å². The van der Waals surface area contributed by atoms with Gasteiger partial charge in [-0.2, -0.15) is 0 Å². The molecule has 0 bridgehead atoms. The van der Waals surface area contributed by atoms with Crippen LogP contribution in [0.3, 0.4) is 0 Å². The molecule has 9 aromatic carbocycles. The molecule has 318 valence electrons. The van der Waals surface area contributed by atoms with Crippen LogP contribution in [0.1, 0.15) is 59.3 Å². The van der Waals surface area contributed by atoms with Crippen LogP contribution in [0.5, 0.6) is 0 Å². The number of hydrogen-bond acceptors (Lipinski definition) is 3. The van der Waals surface area contributed by atoms with Crippen LogP contribution in [0.4, 0.5) is 17.1 Å². The maximum Gasteiger partial charge on any atom is 0.145 e. The van der Waals surface area contributed by atoms with Crippen LogP contribution < -0.4 is 10.2 Å². The Hall–Kier alpha value is -8.21. The van der Waals surface area contributed by atoms with E-state index in [4.69, 9.17) is 4.99 Å². The molecular formula is C63H46N4. The molecule has 14 rings (SSSR count). The molecule has 0 fully saturated rings. The zero-order valence-electron chi connectivity index (χ0n) is 37.4. The Morgan fingerprint density at radius 1 is 0.522 bits per heavy atom. The third-order valence-corrected chi connectivity index (χ3v) is 15.1. The number of nitrogens with zero attached hydrogens (tertiary/aromatic N) is 3. The zero-order chi connectivity index (χ0) is 44.4. The van der Waals surface area contributed by atoms with Gasteiger partial charge in [-0.25, -0.2) is 0 Å². The van der Waals surface area contributed by atoms with Crippen LogP contribution >= 0.6 is 0 Å². The molecule has 3 atom stereocenters. The number of para-hydroxylation sites is 2. The van der Waals surface area contributed by atoms with Crippen molar-refractivity contribution < 1.29 is 0 Å². The lowest BCUT2D eigenvalue weighted by Crippen LogP contribution is -2.28. The molecule has 1 aromatic heterocycles. The fourth-order valence-corrected chi connectivity index (χ4v) is 12.0. The number of benzene rings is 9. The average Bonchev–Trinajstić information content (AvgIpc) is 3.99. The maximum atomic E-state index is 5.58. The molecule has 3 unspecified atom stereocenters. The van der Waals surface area contributed by atoms with Crippen LogP contribution in [0.15, 0.2) is 223 Å².